The summed E-state index contributed by atoms with van der Waals surface area (Å²) in [5, 5.41) is 13.1. The summed E-state index contributed by atoms with van der Waals surface area (Å²) in [6.45, 7) is 2.22. The molecule has 0 aliphatic carbocycles. The quantitative estimate of drug-likeness (QED) is 0.446. The third-order valence-corrected chi connectivity index (χ3v) is 5.64. The summed E-state index contributed by atoms with van der Waals surface area (Å²) >= 11 is 0. The minimum atomic E-state index is -0.0671. The maximum Gasteiger partial charge on any atom is 0.121 e. The van der Waals surface area contributed by atoms with Gasteiger partial charge in [0.1, 0.15) is 5.75 Å². The van der Waals surface area contributed by atoms with Crippen LogP contribution in [-0.4, -0.2) is 17.1 Å². The van der Waals surface area contributed by atoms with Crippen molar-refractivity contribution in [3.05, 3.63) is 114 Å². The van der Waals surface area contributed by atoms with Crippen molar-refractivity contribution in [1.82, 2.24) is 4.90 Å². The molecular weight excluding hydrogens is 342 g/mol. The van der Waals surface area contributed by atoms with Crippen LogP contribution in [0.3, 0.4) is 0 Å². The van der Waals surface area contributed by atoms with Crippen molar-refractivity contribution >= 4 is 10.8 Å². The Morgan fingerprint density at radius 3 is 1.93 bits per heavy atom. The first-order chi connectivity index (χ1) is 13.7. The van der Waals surface area contributed by atoms with E-state index in [0.29, 0.717) is 5.75 Å². The molecule has 0 aliphatic rings. The molecule has 0 aromatic heterocycles. The molecule has 4 aromatic rings. The number of aromatic hydroxyl groups is 1. The van der Waals surface area contributed by atoms with Gasteiger partial charge in [-0.25, -0.2) is 0 Å². The van der Waals surface area contributed by atoms with Crippen molar-refractivity contribution < 1.29 is 5.11 Å². The second-order valence-corrected chi connectivity index (χ2v) is 7.28. The molecule has 0 spiro atoms. The van der Waals surface area contributed by atoms with Crippen LogP contribution in [0.2, 0.25) is 0 Å². The number of hydrogen-bond donors (Lipinski definition) is 1. The van der Waals surface area contributed by atoms with Gasteiger partial charge in [0.2, 0.25) is 0 Å². The zero-order chi connectivity index (χ0) is 19.5. The van der Waals surface area contributed by atoms with E-state index in [1.807, 2.05) is 36.4 Å². The van der Waals surface area contributed by atoms with Crippen molar-refractivity contribution in [2.75, 3.05) is 7.05 Å². The number of fused-ring (bicyclic) bond motifs is 1. The average molecular weight is 367 g/mol. The zero-order valence-corrected chi connectivity index (χ0v) is 16.3. The zero-order valence-electron chi connectivity index (χ0n) is 16.3. The van der Waals surface area contributed by atoms with E-state index in [1.54, 1.807) is 0 Å². The molecule has 0 radical (unpaired) electrons. The number of phenolic OH excluding ortho intramolecular Hbond substituents is 1. The number of phenols is 1. The third-order valence-electron chi connectivity index (χ3n) is 5.64. The molecular formula is C26H25NO. The van der Waals surface area contributed by atoms with Crippen molar-refractivity contribution in [2.45, 2.75) is 19.0 Å². The van der Waals surface area contributed by atoms with Crippen LogP contribution in [0.1, 0.15) is 35.7 Å². The maximum absolute atomic E-state index is 10.9. The molecule has 4 rings (SSSR count). The molecule has 0 heterocycles. The van der Waals surface area contributed by atoms with Crippen LogP contribution in [-0.2, 0) is 0 Å². The first-order valence-electron chi connectivity index (χ1n) is 9.69. The van der Waals surface area contributed by atoms with Crippen molar-refractivity contribution in [2.24, 2.45) is 0 Å². The molecule has 0 fully saturated rings. The van der Waals surface area contributed by atoms with Crippen LogP contribution in [0.5, 0.6) is 5.75 Å². The molecule has 0 amide bonds. The Hall–Kier alpha value is -3.10. The van der Waals surface area contributed by atoms with Crippen molar-refractivity contribution in [3.63, 3.8) is 0 Å². The van der Waals surface area contributed by atoms with Crippen LogP contribution in [0, 0.1) is 0 Å². The fraction of sp³-hybridized carbons (Fsp3) is 0.154. The SMILES string of the molecule is C[C@H](c1ccccc1)N(C)[C@H](c1ccccc1)c1c(O)ccc2ccccc12. The Bertz CT molecular complexity index is 1060. The van der Waals surface area contributed by atoms with Gasteiger partial charge in [-0.05, 0) is 41.9 Å². The minimum absolute atomic E-state index is 0.0671. The summed E-state index contributed by atoms with van der Waals surface area (Å²) in [6, 6.07) is 33.1. The molecule has 28 heavy (non-hydrogen) atoms. The van der Waals surface area contributed by atoms with Gasteiger partial charge in [0, 0.05) is 11.6 Å². The van der Waals surface area contributed by atoms with E-state index in [0.717, 1.165) is 16.3 Å². The summed E-state index contributed by atoms with van der Waals surface area (Å²) in [5.74, 6) is 0.333. The highest BCUT2D eigenvalue weighted by Gasteiger charge is 2.27. The van der Waals surface area contributed by atoms with E-state index >= 15 is 0 Å². The lowest BCUT2D eigenvalue weighted by atomic mass is 9.90. The Labute approximate surface area is 166 Å². The topological polar surface area (TPSA) is 23.5 Å². The average Bonchev–Trinajstić information content (AvgIpc) is 2.76. The summed E-state index contributed by atoms with van der Waals surface area (Å²) in [7, 11) is 2.14. The van der Waals surface area contributed by atoms with E-state index in [9.17, 15) is 5.11 Å². The first kappa shape index (κ1) is 18.3. The summed E-state index contributed by atoms with van der Waals surface area (Å²) in [6.07, 6.45) is 0. The lowest BCUT2D eigenvalue weighted by Crippen LogP contribution is -2.28. The molecule has 2 nitrogen and oxygen atoms in total. The van der Waals surface area contributed by atoms with Gasteiger partial charge in [0.25, 0.3) is 0 Å². The second-order valence-electron chi connectivity index (χ2n) is 7.28. The maximum atomic E-state index is 10.9. The largest absolute Gasteiger partial charge is 0.508 e. The van der Waals surface area contributed by atoms with E-state index in [-0.39, 0.29) is 12.1 Å². The van der Waals surface area contributed by atoms with Crippen LogP contribution in [0.4, 0.5) is 0 Å². The van der Waals surface area contributed by atoms with Gasteiger partial charge in [0.15, 0.2) is 0 Å². The van der Waals surface area contributed by atoms with Crippen LogP contribution >= 0.6 is 0 Å². The predicted molar refractivity (Wildman–Crippen MR) is 117 cm³/mol. The monoisotopic (exact) mass is 367 g/mol. The first-order valence-corrected chi connectivity index (χ1v) is 9.69. The van der Waals surface area contributed by atoms with Crippen molar-refractivity contribution in [1.29, 1.82) is 0 Å². The number of rotatable bonds is 5. The van der Waals surface area contributed by atoms with Gasteiger partial charge in [-0.1, -0.05) is 91.0 Å². The fourth-order valence-corrected chi connectivity index (χ4v) is 4.00. The number of hydrogen-bond acceptors (Lipinski definition) is 2. The van der Waals surface area contributed by atoms with E-state index in [1.165, 1.54) is 11.1 Å². The van der Waals surface area contributed by atoms with Crippen LogP contribution in [0.25, 0.3) is 10.8 Å². The van der Waals surface area contributed by atoms with Gasteiger partial charge in [0.05, 0.1) is 6.04 Å². The van der Waals surface area contributed by atoms with Crippen LogP contribution < -0.4 is 0 Å². The van der Waals surface area contributed by atoms with E-state index < -0.39 is 0 Å². The minimum Gasteiger partial charge on any atom is -0.508 e. The molecule has 0 unspecified atom stereocenters. The Morgan fingerprint density at radius 2 is 1.25 bits per heavy atom. The highest BCUT2D eigenvalue weighted by molar-refractivity contribution is 5.88. The second kappa shape index (κ2) is 7.87. The molecule has 1 N–H and O–H groups in total. The Kier molecular flexibility index (Phi) is 5.14. The van der Waals surface area contributed by atoms with E-state index in [4.69, 9.17) is 0 Å². The van der Waals surface area contributed by atoms with Gasteiger partial charge in [-0.2, -0.15) is 0 Å². The lowest BCUT2D eigenvalue weighted by molar-refractivity contribution is 0.211. The summed E-state index contributed by atoms with van der Waals surface area (Å²) in [5.41, 5.74) is 3.37. The Morgan fingerprint density at radius 1 is 0.679 bits per heavy atom. The van der Waals surface area contributed by atoms with E-state index in [2.05, 4.69) is 79.5 Å². The summed E-state index contributed by atoms with van der Waals surface area (Å²) < 4.78 is 0. The van der Waals surface area contributed by atoms with Crippen LogP contribution in [0.15, 0.2) is 97.1 Å². The van der Waals surface area contributed by atoms with Gasteiger partial charge in [-0.15, -0.1) is 0 Å². The van der Waals surface area contributed by atoms with Gasteiger partial charge in [-0.3, -0.25) is 4.90 Å². The predicted octanol–water partition coefficient (Wildman–Crippen LogP) is 6.33. The molecule has 0 saturated carbocycles. The molecule has 140 valence electrons. The van der Waals surface area contributed by atoms with Gasteiger partial charge < -0.3 is 5.11 Å². The van der Waals surface area contributed by atoms with Crippen molar-refractivity contribution in [3.8, 4) is 5.75 Å². The smallest absolute Gasteiger partial charge is 0.121 e. The standard InChI is InChI=1S/C26H25NO/c1-19(20-11-5-3-6-12-20)27(2)26(22-14-7-4-8-15-22)25-23-16-10-9-13-21(23)17-18-24(25)28/h3-19,26,28H,1-2H3/t19-,26-/m1/s1. The normalized spacial score (nSPS) is 13.5. The molecule has 2 atom stereocenters. The third kappa shape index (κ3) is 3.39. The van der Waals surface area contributed by atoms with Gasteiger partial charge >= 0.3 is 0 Å². The fourth-order valence-electron chi connectivity index (χ4n) is 4.00. The highest BCUT2D eigenvalue weighted by Crippen LogP contribution is 2.41. The molecule has 4 aromatic carbocycles. The number of nitrogens with zero attached hydrogens (tertiary/aromatic N) is 1. The Balaban J connectivity index is 1.90. The molecule has 0 saturated heterocycles. The molecule has 0 aliphatic heterocycles. The highest BCUT2D eigenvalue weighted by atomic mass is 16.3. The summed E-state index contributed by atoms with van der Waals surface area (Å²) in [4.78, 5) is 2.34. The molecule has 0 bridgehead atoms. The lowest BCUT2D eigenvalue weighted by Gasteiger charge is -2.35. The number of benzene rings is 4. The molecule has 2 heteroatoms.